The lowest BCUT2D eigenvalue weighted by Gasteiger charge is -2.14. The molecule has 116 valence electrons. The fraction of sp³-hybridized carbons (Fsp3) is 0.188. The van der Waals surface area contributed by atoms with Gasteiger partial charge < -0.3 is 15.6 Å². The molecule has 0 aliphatic carbocycles. The summed E-state index contributed by atoms with van der Waals surface area (Å²) in [5, 5.41) is 9.99. The van der Waals surface area contributed by atoms with Crippen LogP contribution in [0.25, 0.3) is 0 Å². The van der Waals surface area contributed by atoms with Gasteiger partial charge in [0.25, 0.3) is 0 Å². The van der Waals surface area contributed by atoms with Crippen molar-refractivity contribution in [3.05, 3.63) is 63.6 Å². The molecule has 0 spiro atoms. The number of carboxylic acids is 1. The second-order valence-corrected chi connectivity index (χ2v) is 5.62. The maximum Gasteiger partial charge on any atom is 0.320 e. The highest BCUT2D eigenvalue weighted by molar-refractivity contribution is 6.35. The number of hydrogen-bond donors (Lipinski definition) is 2. The van der Waals surface area contributed by atoms with Gasteiger partial charge in [-0.25, -0.2) is 0 Å². The van der Waals surface area contributed by atoms with Crippen LogP contribution in [0.1, 0.15) is 11.1 Å². The fourth-order valence-corrected chi connectivity index (χ4v) is 2.39. The lowest BCUT2D eigenvalue weighted by Crippen LogP contribution is -2.32. The molecule has 0 bridgehead atoms. The van der Waals surface area contributed by atoms with E-state index in [1.165, 1.54) is 0 Å². The van der Waals surface area contributed by atoms with Gasteiger partial charge in [-0.2, -0.15) is 0 Å². The number of carbonyl (C=O) groups is 1. The average molecular weight is 340 g/mol. The number of benzene rings is 2. The molecule has 0 aliphatic heterocycles. The predicted molar refractivity (Wildman–Crippen MR) is 86.6 cm³/mol. The van der Waals surface area contributed by atoms with Gasteiger partial charge in [-0.05, 0) is 23.8 Å². The van der Waals surface area contributed by atoms with Crippen LogP contribution in [0.3, 0.4) is 0 Å². The van der Waals surface area contributed by atoms with Crippen molar-refractivity contribution in [2.24, 2.45) is 5.73 Å². The molecule has 2 aromatic carbocycles. The van der Waals surface area contributed by atoms with Gasteiger partial charge in [0.2, 0.25) is 0 Å². The minimum atomic E-state index is -1.05. The van der Waals surface area contributed by atoms with E-state index in [2.05, 4.69) is 0 Å². The highest BCUT2D eigenvalue weighted by Crippen LogP contribution is 2.25. The van der Waals surface area contributed by atoms with Crippen molar-refractivity contribution in [1.29, 1.82) is 0 Å². The summed E-state index contributed by atoms with van der Waals surface area (Å²) in [6, 6.07) is 11.4. The van der Waals surface area contributed by atoms with Gasteiger partial charge in [-0.1, -0.05) is 47.5 Å². The normalized spacial score (nSPS) is 12.0. The Kier molecular flexibility index (Phi) is 5.66. The lowest BCUT2D eigenvalue weighted by molar-refractivity contribution is -0.138. The molecule has 1 atom stereocenters. The smallest absolute Gasteiger partial charge is 0.320 e. The van der Waals surface area contributed by atoms with Crippen molar-refractivity contribution in [2.75, 3.05) is 0 Å². The number of rotatable bonds is 6. The van der Waals surface area contributed by atoms with E-state index in [0.717, 1.165) is 11.1 Å². The summed E-state index contributed by atoms with van der Waals surface area (Å²) in [4.78, 5) is 10.9. The van der Waals surface area contributed by atoms with E-state index in [9.17, 15) is 4.79 Å². The van der Waals surface area contributed by atoms with Gasteiger partial charge in [0.05, 0.1) is 0 Å². The number of halogens is 2. The molecule has 6 heteroatoms. The number of para-hydroxylation sites is 1. The number of carboxylic acid groups (broad SMARTS) is 1. The summed E-state index contributed by atoms with van der Waals surface area (Å²) in [5.41, 5.74) is 7.11. The van der Waals surface area contributed by atoms with Crippen LogP contribution in [-0.4, -0.2) is 17.1 Å². The third-order valence-electron chi connectivity index (χ3n) is 3.13. The van der Waals surface area contributed by atoms with Gasteiger partial charge in [0.15, 0.2) is 0 Å². The maximum absolute atomic E-state index is 10.9. The van der Waals surface area contributed by atoms with Gasteiger partial charge in [0.1, 0.15) is 18.4 Å². The number of aliphatic carboxylic acids is 1. The first-order chi connectivity index (χ1) is 10.5. The van der Waals surface area contributed by atoms with Gasteiger partial charge in [-0.15, -0.1) is 0 Å². The summed E-state index contributed by atoms with van der Waals surface area (Å²) in [6.07, 6.45) is 0.194. The van der Waals surface area contributed by atoms with E-state index < -0.39 is 12.0 Å². The first-order valence-corrected chi connectivity index (χ1v) is 7.36. The molecule has 0 saturated heterocycles. The van der Waals surface area contributed by atoms with E-state index in [1.54, 1.807) is 30.3 Å². The third-order valence-corrected chi connectivity index (χ3v) is 3.71. The Morgan fingerprint density at radius 3 is 2.59 bits per heavy atom. The first-order valence-electron chi connectivity index (χ1n) is 6.60. The molecule has 4 nitrogen and oxygen atoms in total. The van der Waals surface area contributed by atoms with Gasteiger partial charge in [0, 0.05) is 22.0 Å². The molecule has 0 aliphatic rings. The Labute approximate surface area is 138 Å². The quantitative estimate of drug-likeness (QED) is 0.844. The van der Waals surface area contributed by atoms with Crippen molar-refractivity contribution < 1.29 is 14.6 Å². The Hall–Kier alpha value is -1.75. The van der Waals surface area contributed by atoms with Crippen LogP contribution >= 0.6 is 23.2 Å². The molecule has 0 fully saturated rings. The minimum absolute atomic E-state index is 0.194. The van der Waals surface area contributed by atoms with Crippen LogP contribution in [-0.2, 0) is 17.8 Å². The number of nitrogens with two attached hydrogens (primary N) is 1. The summed E-state index contributed by atoms with van der Waals surface area (Å²) >= 11 is 12.0. The number of ether oxygens (including phenoxy) is 1. The Morgan fingerprint density at radius 2 is 1.91 bits per heavy atom. The van der Waals surface area contributed by atoms with E-state index in [0.29, 0.717) is 15.8 Å². The fourth-order valence-electron chi connectivity index (χ4n) is 1.93. The van der Waals surface area contributed by atoms with Crippen molar-refractivity contribution in [3.63, 3.8) is 0 Å². The zero-order valence-electron chi connectivity index (χ0n) is 11.6. The monoisotopic (exact) mass is 339 g/mol. The molecule has 0 heterocycles. The summed E-state index contributed by atoms with van der Waals surface area (Å²) in [7, 11) is 0. The average Bonchev–Trinajstić information content (AvgIpc) is 2.47. The Morgan fingerprint density at radius 1 is 1.18 bits per heavy atom. The van der Waals surface area contributed by atoms with Crippen LogP contribution in [0.5, 0.6) is 5.75 Å². The molecule has 0 aromatic heterocycles. The highest BCUT2D eigenvalue weighted by atomic mass is 35.5. The molecule has 22 heavy (non-hydrogen) atoms. The third kappa shape index (κ3) is 4.37. The molecule has 2 rings (SSSR count). The molecule has 1 unspecified atom stereocenters. The molecule has 2 aromatic rings. The Balaban J connectivity index is 2.11. The molecule has 0 amide bonds. The maximum atomic E-state index is 10.9. The van der Waals surface area contributed by atoms with Crippen molar-refractivity contribution in [3.8, 4) is 5.75 Å². The van der Waals surface area contributed by atoms with E-state index in [1.807, 2.05) is 12.1 Å². The summed E-state index contributed by atoms with van der Waals surface area (Å²) in [5.74, 6) is -0.458. The molecule has 0 saturated carbocycles. The van der Waals surface area contributed by atoms with Crippen molar-refractivity contribution >= 4 is 29.2 Å². The topological polar surface area (TPSA) is 72.5 Å². The van der Waals surface area contributed by atoms with Crippen LogP contribution in [0.2, 0.25) is 10.0 Å². The first kappa shape index (κ1) is 16.6. The van der Waals surface area contributed by atoms with E-state index in [-0.39, 0.29) is 13.0 Å². The Bertz CT molecular complexity index is 676. The van der Waals surface area contributed by atoms with Crippen LogP contribution in [0.15, 0.2) is 42.5 Å². The van der Waals surface area contributed by atoms with Crippen molar-refractivity contribution in [1.82, 2.24) is 0 Å². The molecule has 0 radical (unpaired) electrons. The largest absolute Gasteiger partial charge is 0.489 e. The van der Waals surface area contributed by atoms with Crippen molar-refractivity contribution in [2.45, 2.75) is 19.1 Å². The van der Waals surface area contributed by atoms with Crippen LogP contribution < -0.4 is 10.5 Å². The zero-order chi connectivity index (χ0) is 16.1. The molecular weight excluding hydrogens is 325 g/mol. The van der Waals surface area contributed by atoms with Crippen LogP contribution in [0, 0.1) is 0 Å². The summed E-state index contributed by atoms with van der Waals surface area (Å²) < 4.78 is 5.75. The standard InChI is InChI=1S/C16H15Cl2NO3/c17-12-6-5-11(13(18)8-12)9-22-15-4-2-1-3-10(15)7-14(19)16(20)21/h1-6,8,14H,7,9,19H2,(H,20,21). The van der Waals surface area contributed by atoms with Gasteiger partial charge in [-0.3, -0.25) is 4.79 Å². The molecular formula is C16H15Cl2NO3. The van der Waals surface area contributed by atoms with Crippen LogP contribution in [0.4, 0.5) is 0 Å². The van der Waals surface area contributed by atoms with Gasteiger partial charge >= 0.3 is 5.97 Å². The second-order valence-electron chi connectivity index (χ2n) is 4.78. The van der Waals surface area contributed by atoms with E-state index in [4.69, 9.17) is 38.8 Å². The predicted octanol–water partition coefficient (Wildman–Crippen LogP) is 3.53. The van der Waals surface area contributed by atoms with E-state index >= 15 is 0 Å². The zero-order valence-corrected chi connectivity index (χ0v) is 13.1. The second kappa shape index (κ2) is 7.49. The minimum Gasteiger partial charge on any atom is -0.489 e. The SMILES string of the molecule is NC(Cc1ccccc1OCc1ccc(Cl)cc1Cl)C(=O)O. The summed E-state index contributed by atoms with van der Waals surface area (Å²) in [6.45, 7) is 0.259. The lowest BCUT2D eigenvalue weighted by atomic mass is 10.1. The highest BCUT2D eigenvalue weighted by Gasteiger charge is 2.15. The molecule has 3 N–H and O–H groups in total. The number of hydrogen-bond acceptors (Lipinski definition) is 3.